The number of aliphatic hydroxyl groups excluding tert-OH is 1. The average molecular weight is 342 g/mol. The highest BCUT2D eigenvalue weighted by molar-refractivity contribution is 7.98. The van der Waals surface area contributed by atoms with Gasteiger partial charge in [-0.25, -0.2) is 17.9 Å². The molecule has 0 saturated carbocycles. The van der Waals surface area contributed by atoms with E-state index < -0.39 is 34.0 Å². The minimum absolute atomic E-state index is 0.0457. The zero-order valence-electron chi connectivity index (χ0n) is 12.0. The van der Waals surface area contributed by atoms with Gasteiger partial charge in [0.15, 0.2) is 6.10 Å². The Morgan fingerprint density at radius 3 is 2.38 bits per heavy atom. The van der Waals surface area contributed by atoms with Crippen LogP contribution in [0.25, 0.3) is 0 Å². The molecule has 1 amide bonds. The molecule has 21 heavy (non-hydrogen) atoms. The number of amides is 1. The average Bonchev–Trinajstić information content (AvgIpc) is 2.42. The van der Waals surface area contributed by atoms with Crippen LogP contribution in [0.4, 0.5) is 0 Å². The Morgan fingerprint density at radius 1 is 1.29 bits per heavy atom. The smallest absolute Gasteiger partial charge is 0.332 e. The van der Waals surface area contributed by atoms with Gasteiger partial charge in [-0.2, -0.15) is 11.8 Å². The summed E-state index contributed by atoms with van der Waals surface area (Å²) in [4.78, 5) is 22.3. The Kier molecular flexibility index (Phi) is 9.58. The molecule has 10 heteroatoms. The second-order valence-corrected chi connectivity index (χ2v) is 7.32. The molecule has 0 aliphatic heterocycles. The van der Waals surface area contributed by atoms with Crippen molar-refractivity contribution in [1.29, 1.82) is 0 Å². The summed E-state index contributed by atoms with van der Waals surface area (Å²) in [5, 5.41) is 20.0. The van der Waals surface area contributed by atoms with Crippen molar-refractivity contribution < 1.29 is 28.2 Å². The number of hydrogen-bond donors (Lipinski definition) is 4. The first-order valence-corrected chi connectivity index (χ1v) is 9.45. The van der Waals surface area contributed by atoms with Gasteiger partial charge in [-0.15, -0.1) is 0 Å². The van der Waals surface area contributed by atoms with E-state index in [0.29, 0.717) is 12.2 Å². The van der Waals surface area contributed by atoms with Gasteiger partial charge >= 0.3 is 5.97 Å². The molecule has 0 aromatic heterocycles. The quantitative estimate of drug-likeness (QED) is 0.378. The van der Waals surface area contributed by atoms with Crippen molar-refractivity contribution in [2.45, 2.75) is 31.9 Å². The maximum Gasteiger partial charge on any atom is 0.332 e. The lowest BCUT2D eigenvalue weighted by atomic mass is 10.2. The molecule has 0 spiro atoms. The molecule has 0 rings (SSSR count). The highest BCUT2D eigenvalue weighted by Crippen LogP contribution is 2.03. The standard InChI is InChI=1S/C11H22N2O6S2/c1-3-21(18,19)13-8(5-7-20-2)10(15)12-6-4-9(14)11(16)17/h8-9,13-14H,3-7H2,1-2H3,(H,12,15)(H,16,17)/t8?,9-/m0/s1. The maximum absolute atomic E-state index is 11.9. The predicted octanol–water partition coefficient (Wildman–Crippen LogP) is -1.00. The van der Waals surface area contributed by atoms with E-state index in [1.165, 1.54) is 18.7 Å². The maximum atomic E-state index is 11.9. The number of carbonyl (C=O) groups is 2. The lowest BCUT2D eigenvalue weighted by Gasteiger charge is -2.18. The van der Waals surface area contributed by atoms with E-state index in [0.717, 1.165) is 0 Å². The van der Waals surface area contributed by atoms with Crippen molar-refractivity contribution in [3.05, 3.63) is 0 Å². The molecule has 0 bridgehead atoms. The van der Waals surface area contributed by atoms with Gasteiger partial charge in [-0.3, -0.25) is 4.79 Å². The van der Waals surface area contributed by atoms with Crippen LogP contribution in [-0.4, -0.2) is 67.0 Å². The Balaban J connectivity index is 4.48. The number of rotatable bonds is 11. The molecule has 0 fully saturated rings. The third kappa shape index (κ3) is 8.91. The minimum atomic E-state index is -3.51. The number of aliphatic carboxylic acids is 1. The Hall–Kier alpha value is -0.840. The molecule has 2 atom stereocenters. The number of carbonyl (C=O) groups excluding carboxylic acids is 1. The topological polar surface area (TPSA) is 133 Å². The van der Waals surface area contributed by atoms with Crippen LogP contribution in [-0.2, 0) is 19.6 Å². The molecular weight excluding hydrogens is 320 g/mol. The van der Waals surface area contributed by atoms with Crippen molar-refractivity contribution in [1.82, 2.24) is 10.0 Å². The number of nitrogens with one attached hydrogen (secondary N) is 2. The van der Waals surface area contributed by atoms with E-state index in [-0.39, 0.29) is 18.7 Å². The first-order chi connectivity index (χ1) is 9.73. The van der Waals surface area contributed by atoms with Crippen molar-refractivity contribution in [2.24, 2.45) is 0 Å². The summed E-state index contributed by atoms with van der Waals surface area (Å²) in [6, 6.07) is -0.899. The van der Waals surface area contributed by atoms with Gasteiger partial charge < -0.3 is 15.5 Å². The van der Waals surface area contributed by atoms with Gasteiger partial charge in [-0.1, -0.05) is 0 Å². The van der Waals surface area contributed by atoms with E-state index in [1.807, 2.05) is 6.26 Å². The van der Waals surface area contributed by atoms with Gasteiger partial charge in [-0.05, 0) is 25.4 Å². The third-order valence-electron chi connectivity index (χ3n) is 2.63. The monoisotopic (exact) mass is 342 g/mol. The normalized spacial score (nSPS) is 14.4. The van der Waals surface area contributed by atoms with Crippen molar-refractivity contribution in [2.75, 3.05) is 24.3 Å². The number of sulfonamides is 1. The van der Waals surface area contributed by atoms with Gasteiger partial charge in [0.1, 0.15) is 6.04 Å². The van der Waals surface area contributed by atoms with Crippen LogP contribution in [0.15, 0.2) is 0 Å². The van der Waals surface area contributed by atoms with Crippen LogP contribution >= 0.6 is 11.8 Å². The second kappa shape index (κ2) is 9.98. The summed E-state index contributed by atoms with van der Waals surface area (Å²) in [5.41, 5.74) is 0. The van der Waals surface area contributed by atoms with Crippen LogP contribution in [0.5, 0.6) is 0 Å². The molecule has 0 heterocycles. The number of hydrogen-bond acceptors (Lipinski definition) is 6. The van der Waals surface area contributed by atoms with Crippen LogP contribution < -0.4 is 10.0 Å². The summed E-state index contributed by atoms with van der Waals surface area (Å²) in [7, 11) is -3.51. The fraction of sp³-hybridized carbons (Fsp3) is 0.818. The molecular formula is C11H22N2O6S2. The Bertz CT molecular complexity index is 440. The fourth-order valence-electron chi connectivity index (χ4n) is 1.36. The SMILES string of the molecule is CCS(=O)(=O)NC(CCSC)C(=O)NCC[C@H](O)C(=O)O. The van der Waals surface area contributed by atoms with E-state index in [9.17, 15) is 18.0 Å². The van der Waals surface area contributed by atoms with Gasteiger partial charge in [0, 0.05) is 13.0 Å². The van der Waals surface area contributed by atoms with Gasteiger partial charge in [0.25, 0.3) is 0 Å². The van der Waals surface area contributed by atoms with Crippen LogP contribution in [0.2, 0.25) is 0 Å². The highest BCUT2D eigenvalue weighted by Gasteiger charge is 2.23. The second-order valence-electron chi connectivity index (χ2n) is 4.29. The summed E-state index contributed by atoms with van der Waals surface area (Å²) in [6.45, 7) is 1.42. The number of carboxylic acids is 1. The zero-order valence-corrected chi connectivity index (χ0v) is 13.7. The molecule has 0 aliphatic carbocycles. The molecule has 4 N–H and O–H groups in total. The summed E-state index contributed by atoms with van der Waals surface area (Å²) in [6.07, 6.45) is 0.471. The molecule has 0 saturated heterocycles. The predicted molar refractivity (Wildman–Crippen MR) is 80.7 cm³/mol. The lowest BCUT2D eigenvalue weighted by molar-refractivity contribution is -0.147. The molecule has 0 aromatic carbocycles. The van der Waals surface area contributed by atoms with Crippen LogP contribution in [0.3, 0.4) is 0 Å². The number of carboxylic acid groups (broad SMARTS) is 1. The fourth-order valence-corrected chi connectivity index (χ4v) is 2.65. The number of aliphatic hydroxyl groups is 1. The van der Waals surface area contributed by atoms with Crippen LogP contribution in [0, 0.1) is 0 Å². The van der Waals surface area contributed by atoms with Gasteiger partial charge in [0.2, 0.25) is 15.9 Å². The molecule has 0 aliphatic rings. The van der Waals surface area contributed by atoms with E-state index >= 15 is 0 Å². The molecule has 0 aromatic rings. The van der Waals surface area contributed by atoms with Crippen molar-refractivity contribution in [3.8, 4) is 0 Å². The minimum Gasteiger partial charge on any atom is -0.479 e. The van der Waals surface area contributed by atoms with E-state index in [2.05, 4.69) is 10.0 Å². The van der Waals surface area contributed by atoms with Crippen molar-refractivity contribution >= 4 is 33.7 Å². The lowest BCUT2D eigenvalue weighted by Crippen LogP contribution is -2.48. The first-order valence-electron chi connectivity index (χ1n) is 6.41. The summed E-state index contributed by atoms with van der Waals surface area (Å²) in [5.74, 6) is -1.43. The van der Waals surface area contributed by atoms with Crippen LogP contribution in [0.1, 0.15) is 19.8 Å². The van der Waals surface area contributed by atoms with E-state index in [4.69, 9.17) is 10.2 Å². The summed E-state index contributed by atoms with van der Waals surface area (Å²) < 4.78 is 25.4. The Morgan fingerprint density at radius 2 is 1.90 bits per heavy atom. The number of thioether (sulfide) groups is 1. The largest absolute Gasteiger partial charge is 0.479 e. The highest BCUT2D eigenvalue weighted by atomic mass is 32.2. The molecule has 0 radical (unpaired) electrons. The molecule has 8 nitrogen and oxygen atoms in total. The molecule has 1 unspecified atom stereocenters. The third-order valence-corrected chi connectivity index (χ3v) is 4.68. The molecule has 124 valence electrons. The zero-order chi connectivity index (χ0) is 16.5. The van der Waals surface area contributed by atoms with Gasteiger partial charge in [0.05, 0.1) is 5.75 Å². The first kappa shape index (κ1) is 20.2. The summed E-state index contributed by atoms with van der Waals surface area (Å²) >= 11 is 1.48. The van der Waals surface area contributed by atoms with E-state index in [1.54, 1.807) is 0 Å². The Labute approximate surface area is 128 Å². The van der Waals surface area contributed by atoms with Crippen molar-refractivity contribution in [3.63, 3.8) is 0 Å².